The van der Waals surface area contributed by atoms with Crippen molar-refractivity contribution in [2.75, 3.05) is 26.0 Å². The highest BCUT2D eigenvalue weighted by Gasteiger charge is 2.11. The second-order valence-electron chi connectivity index (χ2n) is 5.97. The fourth-order valence-corrected chi connectivity index (χ4v) is 2.09. The third kappa shape index (κ3) is 3.48. The third-order valence-corrected chi connectivity index (χ3v) is 3.39. The van der Waals surface area contributed by atoms with Crippen LogP contribution in [0.4, 0.5) is 5.82 Å². The van der Waals surface area contributed by atoms with Crippen LogP contribution in [0.2, 0.25) is 0 Å². The van der Waals surface area contributed by atoms with E-state index in [1.807, 2.05) is 10.7 Å². The molecule has 0 radical (unpaired) electrons. The molecule has 0 bridgehead atoms. The molecule has 0 amide bonds. The Morgan fingerprint density at radius 2 is 2.05 bits per heavy atom. The lowest BCUT2D eigenvalue weighted by atomic mass is 10.1. The van der Waals surface area contributed by atoms with Crippen LogP contribution in [0.1, 0.15) is 38.8 Å². The average molecular weight is 275 g/mol. The second kappa shape index (κ2) is 6.22. The van der Waals surface area contributed by atoms with Gasteiger partial charge in [0.05, 0.1) is 5.69 Å². The van der Waals surface area contributed by atoms with E-state index in [4.69, 9.17) is 0 Å². The van der Waals surface area contributed by atoms with Gasteiger partial charge in [-0.2, -0.15) is 5.10 Å². The number of hydrogen-bond acceptors (Lipinski definition) is 4. The molecule has 2 aromatic heterocycles. The molecule has 20 heavy (non-hydrogen) atoms. The van der Waals surface area contributed by atoms with Crippen molar-refractivity contribution in [2.24, 2.45) is 0 Å². The molecule has 0 aliphatic rings. The molecule has 110 valence electrons. The minimum absolute atomic E-state index is 0.383. The highest BCUT2D eigenvalue weighted by Crippen LogP contribution is 2.20. The maximum atomic E-state index is 4.58. The van der Waals surface area contributed by atoms with E-state index >= 15 is 0 Å². The van der Waals surface area contributed by atoms with Gasteiger partial charge in [-0.3, -0.25) is 0 Å². The number of aromatic nitrogens is 3. The van der Waals surface area contributed by atoms with E-state index in [1.165, 1.54) is 0 Å². The van der Waals surface area contributed by atoms with Crippen molar-refractivity contribution in [3.8, 4) is 0 Å². The van der Waals surface area contributed by atoms with Crippen molar-refractivity contribution in [2.45, 2.75) is 39.2 Å². The van der Waals surface area contributed by atoms with Crippen molar-refractivity contribution < 1.29 is 0 Å². The minimum atomic E-state index is 0.383. The van der Waals surface area contributed by atoms with Crippen molar-refractivity contribution in [3.05, 3.63) is 24.2 Å². The van der Waals surface area contributed by atoms with E-state index in [2.05, 4.69) is 61.2 Å². The molecule has 1 N–H and O–H groups in total. The van der Waals surface area contributed by atoms with Gasteiger partial charge in [-0.05, 0) is 46.0 Å². The van der Waals surface area contributed by atoms with Crippen LogP contribution in [0.3, 0.4) is 0 Å². The maximum absolute atomic E-state index is 4.58. The molecule has 5 heteroatoms. The normalized spacial score (nSPS) is 13.3. The lowest BCUT2D eigenvalue weighted by Gasteiger charge is -2.17. The van der Waals surface area contributed by atoms with Crippen LogP contribution in [-0.4, -0.2) is 46.2 Å². The van der Waals surface area contributed by atoms with Crippen molar-refractivity contribution in [1.29, 1.82) is 0 Å². The molecule has 2 rings (SSSR count). The fraction of sp³-hybridized carbons (Fsp3) is 0.600. The molecule has 0 fully saturated rings. The monoisotopic (exact) mass is 275 g/mol. The smallest absolute Gasteiger partial charge is 0.152 e. The molecule has 0 aliphatic carbocycles. The number of hydrogen-bond donors (Lipinski definition) is 1. The Hall–Kier alpha value is -1.62. The Balaban J connectivity index is 2.17. The van der Waals surface area contributed by atoms with Gasteiger partial charge in [0.25, 0.3) is 0 Å². The highest BCUT2D eigenvalue weighted by molar-refractivity contribution is 5.68. The maximum Gasteiger partial charge on any atom is 0.152 e. The fourth-order valence-electron chi connectivity index (χ4n) is 2.09. The van der Waals surface area contributed by atoms with E-state index in [1.54, 1.807) is 6.20 Å². The summed E-state index contributed by atoms with van der Waals surface area (Å²) >= 11 is 0. The molecule has 0 saturated heterocycles. The number of nitrogens with one attached hydrogen (secondary N) is 1. The summed E-state index contributed by atoms with van der Waals surface area (Å²) < 4.78 is 1.91. The van der Waals surface area contributed by atoms with Crippen LogP contribution in [0.15, 0.2) is 18.5 Å². The van der Waals surface area contributed by atoms with Crippen LogP contribution in [0.25, 0.3) is 5.52 Å². The Bertz CT molecular complexity index is 558. The summed E-state index contributed by atoms with van der Waals surface area (Å²) in [6.07, 6.45) is 4.78. The van der Waals surface area contributed by atoms with Crippen LogP contribution in [0.5, 0.6) is 0 Å². The van der Waals surface area contributed by atoms with Gasteiger partial charge >= 0.3 is 0 Å². The van der Waals surface area contributed by atoms with Gasteiger partial charge in [0, 0.05) is 18.4 Å². The van der Waals surface area contributed by atoms with Crippen molar-refractivity contribution in [1.82, 2.24) is 19.5 Å². The zero-order chi connectivity index (χ0) is 14.7. The van der Waals surface area contributed by atoms with Gasteiger partial charge in [-0.25, -0.2) is 9.50 Å². The first-order chi connectivity index (χ1) is 9.47. The number of nitrogens with zero attached hydrogens (tertiary/aromatic N) is 4. The Labute approximate surface area is 121 Å². The van der Waals surface area contributed by atoms with Gasteiger partial charge in [-0.15, -0.1) is 0 Å². The van der Waals surface area contributed by atoms with Crippen LogP contribution < -0.4 is 5.32 Å². The second-order valence-corrected chi connectivity index (χ2v) is 5.97. The molecule has 0 aliphatic heterocycles. The third-order valence-electron chi connectivity index (χ3n) is 3.39. The van der Waals surface area contributed by atoms with Gasteiger partial charge in [-0.1, -0.05) is 13.8 Å². The van der Waals surface area contributed by atoms with Gasteiger partial charge < -0.3 is 10.2 Å². The van der Waals surface area contributed by atoms with Crippen molar-refractivity contribution in [3.63, 3.8) is 0 Å². The zero-order valence-electron chi connectivity index (χ0n) is 13.1. The molecule has 5 nitrogen and oxygen atoms in total. The quantitative estimate of drug-likeness (QED) is 0.880. The van der Waals surface area contributed by atoms with Gasteiger partial charge in [0.1, 0.15) is 5.52 Å². The summed E-state index contributed by atoms with van der Waals surface area (Å²) in [5.74, 6) is 1.34. The van der Waals surface area contributed by atoms with Crippen LogP contribution >= 0.6 is 0 Å². The minimum Gasteiger partial charge on any atom is -0.366 e. The summed E-state index contributed by atoms with van der Waals surface area (Å²) in [5, 5.41) is 8.08. The van der Waals surface area contributed by atoms with E-state index in [9.17, 15) is 0 Å². The molecule has 1 unspecified atom stereocenters. The SMILES string of the molecule is CC(CCN(C)C)Nc1nccn2nc(C(C)C)cc12. The van der Waals surface area contributed by atoms with E-state index in [0.717, 1.165) is 30.0 Å². The molecular formula is C15H25N5. The van der Waals surface area contributed by atoms with E-state index in [-0.39, 0.29) is 0 Å². The zero-order valence-corrected chi connectivity index (χ0v) is 13.1. The standard InChI is InChI=1S/C15H25N5/c1-11(2)13-10-14-15(16-7-9-20(14)18-13)17-12(3)6-8-19(4)5/h7,9-12H,6,8H2,1-5H3,(H,16,17). The topological polar surface area (TPSA) is 45.5 Å². The summed E-state index contributed by atoms with van der Waals surface area (Å²) in [7, 11) is 4.19. The van der Waals surface area contributed by atoms with E-state index in [0.29, 0.717) is 12.0 Å². The van der Waals surface area contributed by atoms with Crippen LogP contribution in [0, 0.1) is 0 Å². The molecule has 0 spiro atoms. The Morgan fingerprint density at radius 1 is 1.30 bits per heavy atom. The number of fused-ring (bicyclic) bond motifs is 1. The largest absolute Gasteiger partial charge is 0.366 e. The first-order valence-corrected chi connectivity index (χ1v) is 7.23. The molecular weight excluding hydrogens is 250 g/mol. The predicted molar refractivity (Wildman–Crippen MR) is 83.3 cm³/mol. The Kier molecular flexibility index (Phi) is 4.60. The summed E-state index contributed by atoms with van der Waals surface area (Å²) in [6.45, 7) is 7.56. The van der Waals surface area contributed by atoms with Crippen LogP contribution in [-0.2, 0) is 0 Å². The molecule has 2 heterocycles. The molecule has 0 aromatic carbocycles. The first-order valence-electron chi connectivity index (χ1n) is 7.23. The predicted octanol–water partition coefficient (Wildman–Crippen LogP) is 2.60. The summed E-state index contributed by atoms with van der Waals surface area (Å²) in [6, 6.07) is 2.51. The molecule has 2 aromatic rings. The van der Waals surface area contributed by atoms with Gasteiger partial charge in [0.2, 0.25) is 0 Å². The lowest BCUT2D eigenvalue weighted by Crippen LogP contribution is -2.23. The number of rotatable bonds is 6. The summed E-state index contributed by atoms with van der Waals surface area (Å²) in [5.41, 5.74) is 2.15. The van der Waals surface area contributed by atoms with E-state index < -0.39 is 0 Å². The number of anilines is 1. The van der Waals surface area contributed by atoms with Crippen molar-refractivity contribution >= 4 is 11.3 Å². The van der Waals surface area contributed by atoms with Gasteiger partial charge in [0.15, 0.2) is 5.82 Å². The molecule has 0 saturated carbocycles. The molecule has 1 atom stereocenters. The Morgan fingerprint density at radius 3 is 2.70 bits per heavy atom. The average Bonchev–Trinajstić information content (AvgIpc) is 2.81. The summed E-state index contributed by atoms with van der Waals surface area (Å²) in [4.78, 5) is 6.66. The highest BCUT2D eigenvalue weighted by atomic mass is 15.2. The lowest BCUT2D eigenvalue weighted by molar-refractivity contribution is 0.390. The first kappa shape index (κ1) is 14.8.